The number of hydrogen-bond acceptors (Lipinski definition) is 1. The number of hydrogen-bond donors (Lipinski definition) is 0. The summed E-state index contributed by atoms with van der Waals surface area (Å²) < 4.78 is 0. The molecule has 2 fully saturated rings. The van der Waals surface area contributed by atoms with Crippen molar-refractivity contribution in [3.63, 3.8) is 0 Å². The fourth-order valence-electron chi connectivity index (χ4n) is 3.90. The van der Waals surface area contributed by atoms with Crippen LogP contribution in [0.1, 0.15) is 58.8 Å². The Kier molecular flexibility index (Phi) is 3.18. The van der Waals surface area contributed by atoms with Crippen molar-refractivity contribution in [1.82, 2.24) is 0 Å². The Morgan fingerprint density at radius 3 is 2.20 bits per heavy atom. The van der Waals surface area contributed by atoms with Gasteiger partial charge in [0.2, 0.25) is 0 Å². The van der Waals surface area contributed by atoms with Crippen molar-refractivity contribution in [1.29, 1.82) is 0 Å². The van der Waals surface area contributed by atoms with Crippen LogP contribution >= 0.6 is 0 Å². The lowest BCUT2D eigenvalue weighted by Gasteiger charge is -2.40. The summed E-state index contributed by atoms with van der Waals surface area (Å²) in [6.45, 7) is 4.64. The SMILES string of the molecule is CC1CCC(C2(C=O)CCCC2C)CC1. The quantitative estimate of drug-likeness (QED) is 0.630. The third-order valence-electron chi connectivity index (χ3n) is 5.16. The van der Waals surface area contributed by atoms with Crippen LogP contribution in [0.5, 0.6) is 0 Å². The summed E-state index contributed by atoms with van der Waals surface area (Å²) in [6.07, 6.45) is 10.3. The Bertz CT molecular complexity index is 227. The highest BCUT2D eigenvalue weighted by Gasteiger charge is 2.46. The van der Waals surface area contributed by atoms with E-state index in [0.29, 0.717) is 11.8 Å². The van der Waals surface area contributed by atoms with E-state index in [-0.39, 0.29) is 5.41 Å². The predicted octanol–water partition coefficient (Wildman–Crippen LogP) is 3.82. The molecule has 2 aliphatic rings. The van der Waals surface area contributed by atoms with Crippen molar-refractivity contribution in [2.24, 2.45) is 23.2 Å². The highest BCUT2D eigenvalue weighted by Crippen LogP contribution is 2.52. The van der Waals surface area contributed by atoms with E-state index >= 15 is 0 Å². The second-order valence-corrected chi connectivity index (χ2v) is 5.98. The first-order valence-electron chi connectivity index (χ1n) is 6.65. The van der Waals surface area contributed by atoms with Gasteiger partial charge in [0.1, 0.15) is 6.29 Å². The number of aldehydes is 1. The molecule has 2 aliphatic carbocycles. The molecule has 2 atom stereocenters. The standard InChI is InChI=1S/C14H24O/c1-11-5-7-13(8-6-11)14(10-15)9-3-4-12(14)2/h10-13H,3-9H2,1-2H3. The maximum absolute atomic E-state index is 11.5. The Balaban J connectivity index is 2.09. The Morgan fingerprint density at radius 2 is 1.73 bits per heavy atom. The minimum atomic E-state index is 0.0696. The highest BCUT2D eigenvalue weighted by atomic mass is 16.1. The van der Waals surface area contributed by atoms with Gasteiger partial charge in [0.25, 0.3) is 0 Å². The van der Waals surface area contributed by atoms with Crippen LogP contribution < -0.4 is 0 Å². The lowest BCUT2D eigenvalue weighted by Crippen LogP contribution is -2.37. The van der Waals surface area contributed by atoms with Gasteiger partial charge in [0.15, 0.2) is 0 Å². The van der Waals surface area contributed by atoms with Crippen LogP contribution in [0, 0.1) is 23.2 Å². The molecule has 0 aromatic carbocycles. The molecule has 0 bridgehead atoms. The van der Waals surface area contributed by atoms with Crippen molar-refractivity contribution in [3.8, 4) is 0 Å². The second kappa shape index (κ2) is 4.27. The molecule has 2 rings (SSSR count). The van der Waals surface area contributed by atoms with Gasteiger partial charge < -0.3 is 4.79 Å². The number of rotatable bonds is 2. The van der Waals surface area contributed by atoms with E-state index in [0.717, 1.165) is 12.3 Å². The van der Waals surface area contributed by atoms with Gasteiger partial charge in [-0.2, -0.15) is 0 Å². The summed E-state index contributed by atoms with van der Waals surface area (Å²) >= 11 is 0. The van der Waals surface area contributed by atoms with Gasteiger partial charge in [-0.15, -0.1) is 0 Å². The molecular weight excluding hydrogens is 184 g/mol. The zero-order chi connectivity index (χ0) is 10.9. The first kappa shape index (κ1) is 11.2. The Labute approximate surface area is 93.6 Å². The van der Waals surface area contributed by atoms with Crippen LogP contribution in [0.15, 0.2) is 0 Å². The summed E-state index contributed by atoms with van der Waals surface area (Å²) in [5.74, 6) is 2.22. The fraction of sp³-hybridized carbons (Fsp3) is 0.929. The molecule has 15 heavy (non-hydrogen) atoms. The smallest absolute Gasteiger partial charge is 0.126 e. The number of carbonyl (C=O) groups is 1. The Morgan fingerprint density at radius 1 is 1.07 bits per heavy atom. The van der Waals surface area contributed by atoms with E-state index in [1.165, 1.54) is 44.8 Å². The molecule has 0 saturated heterocycles. The monoisotopic (exact) mass is 208 g/mol. The van der Waals surface area contributed by atoms with E-state index in [4.69, 9.17) is 0 Å². The van der Waals surface area contributed by atoms with E-state index in [2.05, 4.69) is 13.8 Å². The van der Waals surface area contributed by atoms with Gasteiger partial charge >= 0.3 is 0 Å². The van der Waals surface area contributed by atoms with Gasteiger partial charge in [-0.25, -0.2) is 0 Å². The normalized spacial score (nSPS) is 46.7. The van der Waals surface area contributed by atoms with Gasteiger partial charge in [0.05, 0.1) is 0 Å². The summed E-state index contributed by atoms with van der Waals surface area (Å²) in [4.78, 5) is 11.5. The molecule has 0 spiro atoms. The third-order valence-corrected chi connectivity index (χ3v) is 5.16. The summed E-state index contributed by atoms with van der Waals surface area (Å²) in [5, 5.41) is 0. The van der Waals surface area contributed by atoms with Crippen molar-refractivity contribution in [2.45, 2.75) is 58.8 Å². The molecule has 0 aromatic heterocycles. The molecule has 1 nitrogen and oxygen atoms in total. The zero-order valence-electron chi connectivity index (χ0n) is 10.2. The third kappa shape index (κ3) is 1.86. The molecule has 0 amide bonds. The van der Waals surface area contributed by atoms with Crippen molar-refractivity contribution in [3.05, 3.63) is 0 Å². The lowest BCUT2D eigenvalue weighted by molar-refractivity contribution is -0.122. The van der Waals surface area contributed by atoms with Crippen LogP contribution in [-0.4, -0.2) is 6.29 Å². The molecule has 0 radical (unpaired) electrons. The average molecular weight is 208 g/mol. The van der Waals surface area contributed by atoms with E-state index in [1.54, 1.807) is 0 Å². The highest BCUT2D eigenvalue weighted by molar-refractivity contribution is 5.61. The maximum Gasteiger partial charge on any atom is 0.126 e. The minimum absolute atomic E-state index is 0.0696. The van der Waals surface area contributed by atoms with Crippen LogP contribution in [-0.2, 0) is 4.79 Å². The van der Waals surface area contributed by atoms with Crippen LogP contribution in [0.2, 0.25) is 0 Å². The maximum atomic E-state index is 11.5. The second-order valence-electron chi connectivity index (χ2n) is 5.98. The average Bonchev–Trinajstić information content (AvgIpc) is 2.62. The van der Waals surface area contributed by atoms with E-state index < -0.39 is 0 Å². The summed E-state index contributed by atoms with van der Waals surface area (Å²) in [7, 11) is 0. The molecule has 0 heterocycles. The summed E-state index contributed by atoms with van der Waals surface area (Å²) in [5.41, 5.74) is 0.0696. The molecule has 2 unspecified atom stereocenters. The minimum Gasteiger partial charge on any atom is -0.303 e. The molecule has 1 heteroatoms. The van der Waals surface area contributed by atoms with Crippen molar-refractivity contribution >= 4 is 6.29 Å². The molecule has 0 aromatic rings. The molecule has 86 valence electrons. The number of carbonyl (C=O) groups excluding carboxylic acids is 1. The zero-order valence-corrected chi connectivity index (χ0v) is 10.2. The van der Waals surface area contributed by atoms with Gasteiger partial charge in [-0.3, -0.25) is 0 Å². The lowest BCUT2D eigenvalue weighted by atomic mass is 9.63. The van der Waals surface area contributed by atoms with E-state index in [1.807, 2.05) is 0 Å². The van der Waals surface area contributed by atoms with Crippen molar-refractivity contribution < 1.29 is 4.79 Å². The van der Waals surface area contributed by atoms with Crippen LogP contribution in [0.3, 0.4) is 0 Å². The van der Waals surface area contributed by atoms with Crippen LogP contribution in [0.25, 0.3) is 0 Å². The largest absolute Gasteiger partial charge is 0.303 e. The first-order chi connectivity index (χ1) is 7.19. The molecule has 0 aliphatic heterocycles. The summed E-state index contributed by atoms with van der Waals surface area (Å²) in [6, 6.07) is 0. The topological polar surface area (TPSA) is 17.1 Å². The molecule has 2 saturated carbocycles. The van der Waals surface area contributed by atoms with Crippen LogP contribution in [0.4, 0.5) is 0 Å². The first-order valence-corrected chi connectivity index (χ1v) is 6.65. The van der Waals surface area contributed by atoms with Gasteiger partial charge in [-0.1, -0.05) is 33.1 Å². The molecule has 0 N–H and O–H groups in total. The van der Waals surface area contributed by atoms with Crippen molar-refractivity contribution in [2.75, 3.05) is 0 Å². The fourth-order valence-corrected chi connectivity index (χ4v) is 3.90. The van der Waals surface area contributed by atoms with Gasteiger partial charge in [0, 0.05) is 5.41 Å². The Hall–Kier alpha value is -0.330. The van der Waals surface area contributed by atoms with E-state index in [9.17, 15) is 4.79 Å². The predicted molar refractivity (Wildman–Crippen MR) is 62.6 cm³/mol. The molecular formula is C14H24O. The van der Waals surface area contributed by atoms with Gasteiger partial charge in [-0.05, 0) is 43.4 Å².